The SMILES string of the molecule is CN(Cc1ccc(Cl)s1)c1nc2ccccc2cc1CBr. The Kier molecular flexibility index (Phi) is 4.48. The van der Waals surface area contributed by atoms with Crippen molar-refractivity contribution in [3.05, 3.63) is 57.2 Å². The van der Waals surface area contributed by atoms with Gasteiger partial charge in [-0.25, -0.2) is 4.98 Å². The number of pyridine rings is 1. The Bertz CT molecular complexity index is 772. The van der Waals surface area contributed by atoms with Gasteiger partial charge in [-0.05, 0) is 24.3 Å². The number of anilines is 1. The van der Waals surface area contributed by atoms with Crippen molar-refractivity contribution in [2.45, 2.75) is 11.9 Å². The van der Waals surface area contributed by atoms with Gasteiger partial charge in [0, 0.05) is 28.2 Å². The number of hydrogen-bond donors (Lipinski definition) is 0. The van der Waals surface area contributed by atoms with Gasteiger partial charge in [-0.1, -0.05) is 45.7 Å². The van der Waals surface area contributed by atoms with E-state index in [0.29, 0.717) is 0 Å². The van der Waals surface area contributed by atoms with Crippen molar-refractivity contribution in [1.29, 1.82) is 0 Å². The second kappa shape index (κ2) is 6.34. The molecule has 0 aliphatic heterocycles. The molecule has 2 aromatic heterocycles. The zero-order valence-electron chi connectivity index (χ0n) is 11.5. The monoisotopic (exact) mass is 380 g/mol. The summed E-state index contributed by atoms with van der Waals surface area (Å²) >= 11 is 11.2. The van der Waals surface area contributed by atoms with Crippen molar-refractivity contribution in [3.8, 4) is 0 Å². The van der Waals surface area contributed by atoms with Crippen molar-refractivity contribution < 1.29 is 0 Å². The molecule has 0 spiro atoms. The lowest BCUT2D eigenvalue weighted by Gasteiger charge is -2.20. The number of nitrogens with zero attached hydrogens (tertiary/aromatic N) is 2. The standard InChI is InChI=1S/C16H14BrClN2S/c1-20(10-13-6-7-15(18)21-13)16-12(9-17)8-11-4-2-3-5-14(11)19-16/h2-8H,9-10H2,1H3. The third-order valence-corrected chi connectivity index (χ3v) is 5.13. The van der Waals surface area contributed by atoms with Gasteiger partial charge < -0.3 is 4.90 Å². The van der Waals surface area contributed by atoms with E-state index in [1.54, 1.807) is 11.3 Å². The molecular formula is C16H14BrClN2S. The second-order valence-electron chi connectivity index (χ2n) is 4.86. The fourth-order valence-electron chi connectivity index (χ4n) is 2.32. The molecule has 0 saturated carbocycles. The first-order valence-electron chi connectivity index (χ1n) is 6.57. The van der Waals surface area contributed by atoms with Gasteiger partial charge in [0.2, 0.25) is 0 Å². The Balaban J connectivity index is 1.97. The average molecular weight is 382 g/mol. The van der Waals surface area contributed by atoms with Gasteiger partial charge in [-0.2, -0.15) is 0 Å². The first-order valence-corrected chi connectivity index (χ1v) is 8.89. The third-order valence-electron chi connectivity index (χ3n) is 3.31. The summed E-state index contributed by atoms with van der Waals surface area (Å²) in [5, 5.41) is 1.96. The molecule has 3 aromatic rings. The minimum Gasteiger partial charge on any atom is -0.354 e. The van der Waals surface area contributed by atoms with Gasteiger partial charge in [0.15, 0.2) is 0 Å². The van der Waals surface area contributed by atoms with Crippen LogP contribution in [0, 0.1) is 0 Å². The van der Waals surface area contributed by atoms with Crippen molar-refractivity contribution in [2.24, 2.45) is 0 Å². The Morgan fingerprint density at radius 2 is 2.05 bits per heavy atom. The molecule has 3 rings (SSSR count). The van der Waals surface area contributed by atoms with Gasteiger partial charge in [-0.3, -0.25) is 0 Å². The molecule has 0 radical (unpaired) electrons. The summed E-state index contributed by atoms with van der Waals surface area (Å²) in [7, 11) is 2.07. The van der Waals surface area contributed by atoms with E-state index in [1.807, 2.05) is 24.3 Å². The molecule has 5 heteroatoms. The Hall–Kier alpha value is -1.10. The highest BCUT2D eigenvalue weighted by atomic mass is 79.9. The molecule has 0 unspecified atom stereocenters. The van der Waals surface area contributed by atoms with Gasteiger partial charge in [0.1, 0.15) is 5.82 Å². The van der Waals surface area contributed by atoms with E-state index in [1.165, 1.54) is 15.8 Å². The normalized spacial score (nSPS) is 11.0. The van der Waals surface area contributed by atoms with E-state index in [2.05, 4.69) is 46.1 Å². The lowest BCUT2D eigenvalue weighted by molar-refractivity contribution is 0.909. The highest BCUT2D eigenvalue weighted by molar-refractivity contribution is 9.08. The van der Waals surface area contributed by atoms with Gasteiger partial charge in [0.05, 0.1) is 16.4 Å². The van der Waals surface area contributed by atoms with Crippen LogP contribution in [0.25, 0.3) is 10.9 Å². The topological polar surface area (TPSA) is 16.1 Å². The number of aromatic nitrogens is 1. The van der Waals surface area contributed by atoms with E-state index in [-0.39, 0.29) is 0 Å². The van der Waals surface area contributed by atoms with Crippen LogP contribution in [0.2, 0.25) is 4.34 Å². The van der Waals surface area contributed by atoms with Crippen LogP contribution in [0.5, 0.6) is 0 Å². The zero-order valence-corrected chi connectivity index (χ0v) is 14.7. The quantitative estimate of drug-likeness (QED) is 0.556. The molecule has 0 amide bonds. The lowest BCUT2D eigenvalue weighted by Crippen LogP contribution is -2.18. The van der Waals surface area contributed by atoms with E-state index in [0.717, 1.165) is 27.5 Å². The first-order chi connectivity index (χ1) is 10.2. The fourth-order valence-corrected chi connectivity index (χ4v) is 3.88. The molecule has 0 atom stereocenters. The number of fused-ring (bicyclic) bond motifs is 1. The van der Waals surface area contributed by atoms with Crippen LogP contribution >= 0.6 is 38.9 Å². The maximum atomic E-state index is 6.00. The summed E-state index contributed by atoms with van der Waals surface area (Å²) in [5.41, 5.74) is 2.21. The number of thiophene rings is 1. The lowest BCUT2D eigenvalue weighted by atomic mass is 10.1. The highest BCUT2D eigenvalue weighted by Crippen LogP contribution is 2.28. The van der Waals surface area contributed by atoms with E-state index in [9.17, 15) is 0 Å². The van der Waals surface area contributed by atoms with Crippen molar-refractivity contribution in [3.63, 3.8) is 0 Å². The number of rotatable bonds is 4. The number of benzene rings is 1. The smallest absolute Gasteiger partial charge is 0.133 e. The van der Waals surface area contributed by atoms with E-state index < -0.39 is 0 Å². The van der Waals surface area contributed by atoms with Crippen LogP contribution in [0.15, 0.2) is 42.5 Å². The van der Waals surface area contributed by atoms with Gasteiger partial charge >= 0.3 is 0 Å². The Morgan fingerprint density at radius 1 is 1.24 bits per heavy atom. The molecular weight excluding hydrogens is 368 g/mol. The molecule has 0 saturated heterocycles. The first kappa shape index (κ1) is 14.8. The molecule has 0 aliphatic carbocycles. The molecule has 0 aliphatic rings. The Labute approximate surface area is 141 Å². The van der Waals surface area contributed by atoms with Crippen LogP contribution in [0.3, 0.4) is 0 Å². The highest BCUT2D eigenvalue weighted by Gasteiger charge is 2.12. The predicted molar refractivity (Wildman–Crippen MR) is 95.8 cm³/mol. The van der Waals surface area contributed by atoms with Crippen LogP contribution in [0.4, 0.5) is 5.82 Å². The Morgan fingerprint density at radius 3 is 2.76 bits per heavy atom. The van der Waals surface area contributed by atoms with Crippen LogP contribution in [-0.4, -0.2) is 12.0 Å². The number of hydrogen-bond acceptors (Lipinski definition) is 3. The largest absolute Gasteiger partial charge is 0.354 e. The molecule has 2 nitrogen and oxygen atoms in total. The summed E-state index contributed by atoms with van der Waals surface area (Å²) in [6.07, 6.45) is 0. The number of halogens is 2. The summed E-state index contributed by atoms with van der Waals surface area (Å²) in [6.45, 7) is 0.808. The molecule has 108 valence electrons. The minimum absolute atomic E-state index is 0.787. The predicted octanol–water partition coefficient (Wildman–Crippen LogP) is 5.48. The molecule has 0 bridgehead atoms. The molecule has 21 heavy (non-hydrogen) atoms. The average Bonchev–Trinajstić information content (AvgIpc) is 2.90. The van der Waals surface area contributed by atoms with E-state index in [4.69, 9.17) is 16.6 Å². The molecule has 2 heterocycles. The summed E-state index contributed by atoms with van der Waals surface area (Å²) in [4.78, 5) is 8.22. The van der Waals surface area contributed by atoms with Gasteiger partial charge in [0.25, 0.3) is 0 Å². The van der Waals surface area contributed by atoms with Crippen LogP contribution < -0.4 is 4.90 Å². The van der Waals surface area contributed by atoms with Crippen molar-refractivity contribution in [1.82, 2.24) is 4.98 Å². The number of alkyl halides is 1. The van der Waals surface area contributed by atoms with Crippen molar-refractivity contribution >= 4 is 55.6 Å². The second-order valence-corrected chi connectivity index (χ2v) is 7.22. The summed E-state index contributed by atoms with van der Waals surface area (Å²) < 4.78 is 0.825. The maximum Gasteiger partial charge on any atom is 0.133 e. The van der Waals surface area contributed by atoms with Crippen molar-refractivity contribution in [2.75, 3.05) is 11.9 Å². The summed E-state index contributed by atoms with van der Waals surface area (Å²) in [5.74, 6) is 1.01. The zero-order chi connectivity index (χ0) is 14.8. The summed E-state index contributed by atoms with van der Waals surface area (Å²) in [6, 6.07) is 14.4. The molecule has 0 fully saturated rings. The van der Waals surface area contributed by atoms with E-state index >= 15 is 0 Å². The third kappa shape index (κ3) is 3.23. The van der Waals surface area contributed by atoms with Crippen LogP contribution in [-0.2, 0) is 11.9 Å². The molecule has 0 N–H and O–H groups in total. The fraction of sp³-hybridized carbons (Fsp3) is 0.188. The van der Waals surface area contributed by atoms with Crippen LogP contribution in [0.1, 0.15) is 10.4 Å². The minimum atomic E-state index is 0.787. The van der Waals surface area contributed by atoms with Gasteiger partial charge in [-0.15, -0.1) is 11.3 Å². The maximum absolute atomic E-state index is 6.00. The molecule has 1 aromatic carbocycles. The number of para-hydroxylation sites is 1.